The lowest BCUT2D eigenvalue weighted by molar-refractivity contribution is -0.116. The van der Waals surface area contributed by atoms with Crippen molar-refractivity contribution in [3.8, 4) is 11.5 Å². The summed E-state index contributed by atoms with van der Waals surface area (Å²) in [6, 6.07) is 4.95. The summed E-state index contributed by atoms with van der Waals surface area (Å²) in [5.41, 5.74) is 0.409. The molecule has 9 heteroatoms. The molecule has 1 aromatic rings. The monoisotopic (exact) mass is 360 g/mol. The number of anilines is 1. The first-order valence-corrected chi connectivity index (χ1v) is 9.12. The maximum Gasteiger partial charge on any atom is 0.239 e. The molecule has 1 aromatic carbocycles. The van der Waals surface area contributed by atoms with Gasteiger partial charge in [0, 0.05) is 26.3 Å². The molecule has 0 unspecified atom stereocenters. The third-order valence-electron chi connectivity index (χ3n) is 3.23. The summed E-state index contributed by atoms with van der Waals surface area (Å²) in [6.45, 7) is 0.329. The number of methoxy groups -OCH3 is 3. The highest BCUT2D eigenvalue weighted by molar-refractivity contribution is 7.88. The smallest absolute Gasteiger partial charge is 0.239 e. The number of ether oxygens (including phenoxy) is 3. The van der Waals surface area contributed by atoms with E-state index in [0.717, 1.165) is 10.6 Å². The number of benzene rings is 1. The van der Waals surface area contributed by atoms with Crippen LogP contribution in [0, 0.1) is 0 Å². The van der Waals surface area contributed by atoms with Gasteiger partial charge in [-0.3, -0.25) is 4.79 Å². The fourth-order valence-electron chi connectivity index (χ4n) is 2.01. The molecule has 0 aromatic heterocycles. The van der Waals surface area contributed by atoms with Crippen LogP contribution in [0.25, 0.3) is 0 Å². The van der Waals surface area contributed by atoms with E-state index in [1.54, 1.807) is 18.2 Å². The van der Waals surface area contributed by atoms with Crippen molar-refractivity contribution in [2.45, 2.75) is 6.42 Å². The molecular weight excluding hydrogens is 336 g/mol. The summed E-state index contributed by atoms with van der Waals surface area (Å²) < 4.78 is 39.9. The number of carbonyl (C=O) groups excluding carboxylic acids is 1. The Hall–Kier alpha value is -1.84. The number of nitrogens with one attached hydrogen (secondary N) is 1. The largest absolute Gasteiger partial charge is 0.497 e. The van der Waals surface area contributed by atoms with Crippen LogP contribution in [0.1, 0.15) is 6.42 Å². The zero-order valence-electron chi connectivity index (χ0n) is 14.4. The zero-order chi connectivity index (χ0) is 18.2. The molecule has 8 nitrogen and oxygen atoms in total. The van der Waals surface area contributed by atoms with Gasteiger partial charge in [0.1, 0.15) is 11.5 Å². The Morgan fingerprint density at radius 1 is 1.21 bits per heavy atom. The topological polar surface area (TPSA) is 94.2 Å². The highest BCUT2D eigenvalue weighted by atomic mass is 32.2. The van der Waals surface area contributed by atoms with Crippen LogP contribution in [-0.4, -0.2) is 65.9 Å². The molecular formula is C15H24N2O6S. The van der Waals surface area contributed by atoms with Crippen molar-refractivity contribution in [2.24, 2.45) is 0 Å². The molecule has 1 rings (SSSR count). The van der Waals surface area contributed by atoms with Crippen LogP contribution in [0.4, 0.5) is 5.69 Å². The van der Waals surface area contributed by atoms with E-state index in [0.29, 0.717) is 30.2 Å². The van der Waals surface area contributed by atoms with E-state index in [-0.39, 0.29) is 13.1 Å². The molecule has 0 atom stereocenters. The summed E-state index contributed by atoms with van der Waals surface area (Å²) >= 11 is 0. The molecule has 0 fully saturated rings. The summed E-state index contributed by atoms with van der Waals surface area (Å²) in [7, 11) is 1.02. The lowest BCUT2D eigenvalue weighted by atomic mass is 10.2. The SMILES string of the molecule is COCCCN(CC(=O)Nc1cc(OC)ccc1OC)S(C)(=O)=O. The molecule has 0 aliphatic rings. The quantitative estimate of drug-likeness (QED) is 0.624. The van der Waals surface area contributed by atoms with Crippen molar-refractivity contribution in [1.29, 1.82) is 0 Å². The maximum absolute atomic E-state index is 12.2. The Labute approximate surface area is 142 Å². The Balaban J connectivity index is 2.82. The van der Waals surface area contributed by atoms with Gasteiger partial charge < -0.3 is 19.5 Å². The minimum atomic E-state index is -3.50. The minimum Gasteiger partial charge on any atom is -0.497 e. The highest BCUT2D eigenvalue weighted by Gasteiger charge is 2.20. The lowest BCUT2D eigenvalue weighted by Crippen LogP contribution is -2.38. The number of carbonyl (C=O) groups is 1. The van der Waals surface area contributed by atoms with Crippen LogP contribution >= 0.6 is 0 Å². The number of nitrogens with zero attached hydrogens (tertiary/aromatic N) is 1. The molecule has 0 saturated carbocycles. The Morgan fingerprint density at radius 2 is 1.92 bits per heavy atom. The fraction of sp³-hybridized carbons (Fsp3) is 0.533. The van der Waals surface area contributed by atoms with E-state index in [1.807, 2.05) is 0 Å². The molecule has 0 heterocycles. The molecule has 24 heavy (non-hydrogen) atoms. The van der Waals surface area contributed by atoms with E-state index in [2.05, 4.69) is 5.32 Å². The minimum absolute atomic E-state index is 0.204. The van der Waals surface area contributed by atoms with Gasteiger partial charge in [0.15, 0.2) is 0 Å². The zero-order valence-corrected chi connectivity index (χ0v) is 15.2. The van der Waals surface area contributed by atoms with E-state index in [4.69, 9.17) is 14.2 Å². The Bertz CT molecular complexity index is 647. The summed E-state index contributed by atoms with van der Waals surface area (Å²) in [5.74, 6) is 0.532. The third kappa shape index (κ3) is 6.34. The summed E-state index contributed by atoms with van der Waals surface area (Å²) in [4.78, 5) is 12.2. The van der Waals surface area contributed by atoms with Crippen molar-refractivity contribution in [1.82, 2.24) is 4.31 Å². The number of hydrogen-bond donors (Lipinski definition) is 1. The van der Waals surface area contributed by atoms with Crippen LogP contribution < -0.4 is 14.8 Å². The van der Waals surface area contributed by atoms with Crippen molar-refractivity contribution in [2.75, 3.05) is 52.6 Å². The van der Waals surface area contributed by atoms with E-state index in [1.165, 1.54) is 21.3 Å². The van der Waals surface area contributed by atoms with Crippen LogP contribution in [0.3, 0.4) is 0 Å². The van der Waals surface area contributed by atoms with E-state index >= 15 is 0 Å². The highest BCUT2D eigenvalue weighted by Crippen LogP contribution is 2.28. The molecule has 0 radical (unpaired) electrons. The van der Waals surface area contributed by atoms with Crippen LogP contribution in [-0.2, 0) is 19.6 Å². The number of amides is 1. The normalized spacial score (nSPS) is 11.4. The van der Waals surface area contributed by atoms with Gasteiger partial charge in [-0.1, -0.05) is 0 Å². The van der Waals surface area contributed by atoms with E-state index < -0.39 is 15.9 Å². The van der Waals surface area contributed by atoms with E-state index in [9.17, 15) is 13.2 Å². The van der Waals surface area contributed by atoms with Crippen LogP contribution in [0.15, 0.2) is 18.2 Å². The molecule has 0 spiro atoms. The van der Waals surface area contributed by atoms with Gasteiger partial charge in [0.2, 0.25) is 15.9 Å². The first kappa shape index (κ1) is 20.2. The lowest BCUT2D eigenvalue weighted by Gasteiger charge is -2.20. The van der Waals surface area contributed by atoms with Gasteiger partial charge in [-0.25, -0.2) is 8.42 Å². The van der Waals surface area contributed by atoms with Gasteiger partial charge in [-0.2, -0.15) is 4.31 Å². The molecule has 0 aliphatic carbocycles. The second-order valence-corrected chi connectivity index (χ2v) is 7.04. The van der Waals surface area contributed by atoms with Crippen molar-refractivity contribution in [3.63, 3.8) is 0 Å². The second kappa shape index (κ2) is 9.45. The molecule has 0 aliphatic heterocycles. The van der Waals surface area contributed by atoms with Gasteiger partial charge in [0.25, 0.3) is 0 Å². The molecule has 0 bridgehead atoms. The van der Waals surface area contributed by atoms with Gasteiger partial charge in [0.05, 0.1) is 32.7 Å². The maximum atomic E-state index is 12.2. The first-order chi connectivity index (χ1) is 11.3. The van der Waals surface area contributed by atoms with Gasteiger partial charge in [-0.15, -0.1) is 0 Å². The molecule has 0 saturated heterocycles. The van der Waals surface area contributed by atoms with Crippen molar-refractivity contribution in [3.05, 3.63) is 18.2 Å². The predicted octanol–water partition coefficient (Wildman–Crippen LogP) is 0.940. The summed E-state index contributed by atoms with van der Waals surface area (Å²) in [5, 5.41) is 2.65. The fourth-order valence-corrected chi connectivity index (χ4v) is 2.82. The number of rotatable bonds is 10. The third-order valence-corrected chi connectivity index (χ3v) is 4.48. The standard InChI is InChI=1S/C15H24N2O6S/c1-21-9-5-8-17(24(4,19)20)11-15(18)16-13-10-12(22-2)6-7-14(13)23-3/h6-7,10H,5,8-9,11H2,1-4H3,(H,16,18). The van der Waals surface area contributed by atoms with Crippen LogP contribution in [0.5, 0.6) is 11.5 Å². The van der Waals surface area contributed by atoms with Crippen molar-refractivity contribution < 1.29 is 27.4 Å². The average molecular weight is 360 g/mol. The summed E-state index contributed by atoms with van der Waals surface area (Å²) in [6.07, 6.45) is 1.57. The first-order valence-electron chi connectivity index (χ1n) is 7.27. The van der Waals surface area contributed by atoms with Crippen molar-refractivity contribution >= 4 is 21.6 Å². The Morgan fingerprint density at radius 3 is 2.46 bits per heavy atom. The number of sulfonamides is 1. The average Bonchev–Trinajstić information content (AvgIpc) is 2.53. The van der Waals surface area contributed by atoms with Gasteiger partial charge >= 0.3 is 0 Å². The molecule has 136 valence electrons. The number of hydrogen-bond acceptors (Lipinski definition) is 6. The second-order valence-electron chi connectivity index (χ2n) is 5.06. The Kier molecular flexibility index (Phi) is 7.96. The molecule has 1 N–H and O–H groups in total. The van der Waals surface area contributed by atoms with Crippen LogP contribution in [0.2, 0.25) is 0 Å². The molecule has 1 amide bonds. The van der Waals surface area contributed by atoms with Gasteiger partial charge in [-0.05, 0) is 18.6 Å². The predicted molar refractivity (Wildman–Crippen MR) is 91.1 cm³/mol.